The average Bonchev–Trinajstić information content (AvgIpc) is 2.71. The Labute approximate surface area is 141 Å². The average molecular weight is 345 g/mol. The Morgan fingerprint density at radius 2 is 1.91 bits per heavy atom. The summed E-state index contributed by atoms with van der Waals surface area (Å²) in [5, 5.41) is 8.44. The monoisotopic (exact) mass is 345 g/mol. The van der Waals surface area contributed by atoms with Crippen LogP contribution in [0.4, 0.5) is 0 Å². The summed E-state index contributed by atoms with van der Waals surface area (Å²) < 4.78 is 5.82. The molecule has 0 saturated carbocycles. The molecular formula is C16H27NO5S. The summed E-state index contributed by atoms with van der Waals surface area (Å²) in [6, 6.07) is 0. The smallest absolute Gasteiger partial charge is 0.303 e. The fourth-order valence-electron chi connectivity index (χ4n) is 2.57. The highest BCUT2D eigenvalue weighted by atomic mass is 32.2. The fraction of sp³-hybridized carbons (Fsp3) is 0.812. The number of nitrogens with zero attached hydrogens (tertiary/aromatic N) is 1. The van der Waals surface area contributed by atoms with Crippen molar-refractivity contribution in [1.29, 1.82) is 0 Å². The number of ether oxygens (including phenoxy) is 1. The molecule has 1 rings (SSSR count). The first kappa shape index (κ1) is 20.0. The minimum Gasteiger partial charge on any atom is -0.481 e. The highest BCUT2D eigenvalue weighted by Gasteiger charge is 2.46. The number of carboxylic acids is 1. The number of hydrogen-bond acceptors (Lipinski definition) is 5. The molecule has 0 aromatic heterocycles. The van der Waals surface area contributed by atoms with Gasteiger partial charge in [0.2, 0.25) is 11.8 Å². The van der Waals surface area contributed by atoms with Crippen LogP contribution in [0.2, 0.25) is 0 Å². The van der Waals surface area contributed by atoms with Crippen molar-refractivity contribution in [1.82, 2.24) is 4.90 Å². The Morgan fingerprint density at radius 3 is 2.39 bits per heavy atom. The highest BCUT2D eigenvalue weighted by Crippen LogP contribution is 2.32. The Kier molecular flexibility index (Phi) is 6.65. The van der Waals surface area contributed by atoms with Crippen LogP contribution >= 0.6 is 11.8 Å². The normalized spacial score (nSPS) is 19.5. The van der Waals surface area contributed by atoms with Crippen LogP contribution in [-0.2, 0) is 19.1 Å². The van der Waals surface area contributed by atoms with E-state index < -0.39 is 11.7 Å². The van der Waals surface area contributed by atoms with Crippen LogP contribution in [-0.4, -0.2) is 51.6 Å². The van der Waals surface area contributed by atoms with E-state index in [0.29, 0.717) is 19.4 Å². The molecule has 0 bridgehead atoms. The van der Waals surface area contributed by atoms with Gasteiger partial charge in [0.15, 0.2) is 0 Å². The maximum absolute atomic E-state index is 12.3. The van der Waals surface area contributed by atoms with Gasteiger partial charge in [-0.25, -0.2) is 0 Å². The summed E-state index contributed by atoms with van der Waals surface area (Å²) >= 11 is 1.38. The van der Waals surface area contributed by atoms with E-state index in [-0.39, 0.29) is 35.3 Å². The second-order valence-electron chi connectivity index (χ2n) is 7.10. The van der Waals surface area contributed by atoms with Gasteiger partial charge in [-0.1, -0.05) is 13.8 Å². The van der Waals surface area contributed by atoms with E-state index >= 15 is 0 Å². The molecule has 1 aliphatic rings. The van der Waals surface area contributed by atoms with E-state index in [9.17, 15) is 14.4 Å². The van der Waals surface area contributed by atoms with Gasteiger partial charge in [0.05, 0.1) is 5.25 Å². The second-order valence-corrected chi connectivity index (χ2v) is 8.14. The Balaban J connectivity index is 2.57. The van der Waals surface area contributed by atoms with Gasteiger partial charge in [0, 0.05) is 19.4 Å². The molecule has 0 aliphatic carbocycles. The van der Waals surface area contributed by atoms with Crippen LogP contribution in [0.15, 0.2) is 0 Å². The standard InChI is InChI=1S/C16H27NO5S/c1-15(2,7-6-13(19)20)8-9-22-16(3,4)17-12(18)10-11(23-5)14(17)21/h11H,6-10H2,1-5H3,(H,19,20). The van der Waals surface area contributed by atoms with Crippen LogP contribution in [0.3, 0.4) is 0 Å². The first-order valence-corrected chi connectivity index (χ1v) is 9.04. The molecule has 1 saturated heterocycles. The van der Waals surface area contributed by atoms with E-state index in [1.807, 2.05) is 20.1 Å². The lowest BCUT2D eigenvalue weighted by atomic mass is 9.85. The molecule has 1 unspecified atom stereocenters. The first-order chi connectivity index (χ1) is 10.5. The molecule has 0 aromatic carbocycles. The predicted molar refractivity (Wildman–Crippen MR) is 89.1 cm³/mol. The van der Waals surface area contributed by atoms with Gasteiger partial charge in [-0.15, -0.1) is 0 Å². The van der Waals surface area contributed by atoms with E-state index in [2.05, 4.69) is 0 Å². The zero-order valence-corrected chi connectivity index (χ0v) is 15.4. The van der Waals surface area contributed by atoms with Crippen LogP contribution < -0.4 is 0 Å². The number of aliphatic carboxylic acids is 1. The molecule has 1 atom stereocenters. The number of hydrogen-bond donors (Lipinski definition) is 1. The summed E-state index contributed by atoms with van der Waals surface area (Å²) in [4.78, 5) is 36.2. The Bertz CT molecular complexity index is 475. The molecule has 0 aromatic rings. The summed E-state index contributed by atoms with van der Waals surface area (Å²) in [5.74, 6) is -1.21. The lowest BCUT2D eigenvalue weighted by Gasteiger charge is -2.35. The maximum atomic E-state index is 12.3. The van der Waals surface area contributed by atoms with Crippen LogP contribution in [0.25, 0.3) is 0 Å². The number of carbonyl (C=O) groups excluding carboxylic acids is 2. The molecule has 23 heavy (non-hydrogen) atoms. The fourth-order valence-corrected chi connectivity index (χ4v) is 3.18. The maximum Gasteiger partial charge on any atom is 0.303 e. The topological polar surface area (TPSA) is 83.9 Å². The van der Waals surface area contributed by atoms with Gasteiger partial charge in [0.1, 0.15) is 5.72 Å². The van der Waals surface area contributed by atoms with Crippen molar-refractivity contribution in [3.8, 4) is 0 Å². The number of rotatable bonds is 9. The molecule has 1 N–H and O–H groups in total. The quantitative estimate of drug-likeness (QED) is 0.647. The Hall–Kier alpha value is -1.08. The van der Waals surface area contributed by atoms with Gasteiger partial charge >= 0.3 is 5.97 Å². The molecule has 1 fully saturated rings. The second kappa shape index (κ2) is 7.66. The molecule has 0 spiro atoms. The molecule has 6 nitrogen and oxygen atoms in total. The lowest BCUT2D eigenvalue weighted by molar-refractivity contribution is -0.172. The van der Waals surface area contributed by atoms with Crippen LogP contribution in [0, 0.1) is 5.41 Å². The van der Waals surface area contributed by atoms with Crippen molar-refractivity contribution in [2.24, 2.45) is 5.41 Å². The van der Waals surface area contributed by atoms with Crippen molar-refractivity contribution in [2.45, 2.75) is 64.4 Å². The number of likely N-dealkylation sites (tertiary alicyclic amines) is 1. The highest BCUT2D eigenvalue weighted by molar-refractivity contribution is 8.00. The number of amides is 2. The summed E-state index contributed by atoms with van der Waals surface area (Å²) in [5.41, 5.74) is -1.16. The molecule has 132 valence electrons. The third-order valence-corrected chi connectivity index (χ3v) is 5.12. The zero-order chi connectivity index (χ0) is 17.8. The van der Waals surface area contributed by atoms with Crippen molar-refractivity contribution in [2.75, 3.05) is 12.9 Å². The van der Waals surface area contributed by atoms with Gasteiger partial charge in [0.25, 0.3) is 0 Å². The minimum atomic E-state index is -0.985. The number of carbonyl (C=O) groups is 3. The zero-order valence-electron chi connectivity index (χ0n) is 14.5. The molecular weight excluding hydrogens is 318 g/mol. The molecule has 7 heteroatoms. The molecule has 1 heterocycles. The third kappa shape index (κ3) is 5.49. The summed E-state index contributed by atoms with van der Waals surface area (Å²) in [6.07, 6.45) is 3.37. The SMILES string of the molecule is CSC1CC(=O)N(C(C)(C)OCCC(C)(C)CCC(=O)O)C1=O. The van der Waals surface area contributed by atoms with Gasteiger partial charge in [-0.2, -0.15) is 11.8 Å². The van der Waals surface area contributed by atoms with Gasteiger partial charge in [-0.05, 0) is 38.4 Å². The van der Waals surface area contributed by atoms with E-state index in [0.717, 1.165) is 0 Å². The number of imide groups is 1. The van der Waals surface area contributed by atoms with Gasteiger partial charge < -0.3 is 9.84 Å². The van der Waals surface area contributed by atoms with E-state index in [1.54, 1.807) is 13.8 Å². The molecule has 0 radical (unpaired) electrons. The van der Waals surface area contributed by atoms with Gasteiger partial charge in [-0.3, -0.25) is 19.3 Å². The Morgan fingerprint density at radius 1 is 1.30 bits per heavy atom. The number of carboxylic acid groups (broad SMARTS) is 1. The lowest BCUT2D eigenvalue weighted by Crippen LogP contribution is -2.50. The van der Waals surface area contributed by atoms with Crippen molar-refractivity contribution < 1.29 is 24.2 Å². The van der Waals surface area contributed by atoms with Crippen molar-refractivity contribution in [3.05, 3.63) is 0 Å². The summed E-state index contributed by atoms with van der Waals surface area (Å²) in [6.45, 7) is 7.77. The third-order valence-electron chi connectivity index (χ3n) is 4.18. The first-order valence-electron chi connectivity index (χ1n) is 7.75. The number of thioether (sulfide) groups is 1. The van der Waals surface area contributed by atoms with Crippen LogP contribution in [0.5, 0.6) is 0 Å². The summed E-state index contributed by atoms with van der Waals surface area (Å²) in [7, 11) is 0. The van der Waals surface area contributed by atoms with E-state index in [1.165, 1.54) is 16.7 Å². The van der Waals surface area contributed by atoms with Crippen molar-refractivity contribution in [3.63, 3.8) is 0 Å². The molecule has 1 aliphatic heterocycles. The minimum absolute atomic E-state index is 0.120. The predicted octanol–water partition coefficient (Wildman–Crippen LogP) is 2.51. The van der Waals surface area contributed by atoms with Crippen molar-refractivity contribution >= 4 is 29.5 Å². The van der Waals surface area contributed by atoms with E-state index in [4.69, 9.17) is 9.84 Å². The molecule has 2 amide bonds. The largest absolute Gasteiger partial charge is 0.481 e. The van der Waals surface area contributed by atoms with Crippen LogP contribution in [0.1, 0.15) is 53.4 Å².